The third-order valence-electron chi connectivity index (χ3n) is 4.54. The molecule has 22 heavy (non-hydrogen) atoms. The van der Waals surface area contributed by atoms with Crippen molar-refractivity contribution in [3.8, 4) is 0 Å². The third-order valence-corrected chi connectivity index (χ3v) is 5.02. The highest BCUT2D eigenvalue weighted by Gasteiger charge is 2.40. The summed E-state index contributed by atoms with van der Waals surface area (Å²) in [6, 6.07) is 1.70. The Hall–Kier alpha value is -1.04. The number of nitrogens with one attached hydrogen (secondary N) is 1. The lowest BCUT2D eigenvalue weighted by Gasteiger charge is -2.39. The van der Waals surface area contributed by atoms with Crippen molar-refractivity contribution in [3.63, 3.8) is 0 Å². The van der Waals surface area contributed by atoms with Crippen LogP contribution in [0.15, 0.2) is 12.3 Å². The zero-order valence-corrected chi connectivity index (χ0v) is 14.1. The van der Waals surface area contributed by atoms with Gasteiger partial charge in [-0.25, -0.2) is 4.98 Å². The van der Waals surface area contributed by atoms with Gasteiger partial charge >= 0.3 is 0 Å². The highest BCUT2D eigenvalue weighted by atomic mass is 35.5. The number of halogens is 2. The third kappa shape index (κ3) is 3.03. The van der Waals surface area contributed by atoms with Gasteiger partial charge in [-0.15, -0.1) is 0 Å². The van der Waals surface area contributed by atoms with Gasteiger partial charge in [0.1, 0.15) is 5.82 Å². The first-order valence-corrected chi connectivity index (χ1v) is 8.31. The largest absolute Gasteiger partial charge is 0.352 e. The zero-order valence-electron chi connectivity index (χ0n) is 12.6. The number of carbonyl (C=O) groups excluding carboxylic acids is 1. The fourth-order valence-electron chi connectivity index (χ4n) is 3.14. The van der Waals surface area contributed by atoms with E-state index in [1.165, 1.54) is 0 Å². The van der Waals surface area contributed by atoms with Gasteiger partial charge in [-0.05, 0) is 26.0 Å². The Bertz CT molecular complexity index is 567. The maximum atomic E-state index is 12.7. The predicted molar refractivity (Wildman–Crippen MR) is 88.6 cm³/mol. The van der Waals surface area contributed by atoms with Crippen LogP contribution >= 0.6 is 23.2 Å². The smallest absolute Gasteiger partial charge is 0.229 e. The van der Waals surface area contributed by atoms with Crippen LogP contribution in [0.5, 0.6) is 0 Å². The maximum Gasteiger partial charge on any atom is 0.229 e. The van der Waals surface area contributed by atoms with E-state index in [0.717, 1.165) is 38.4 Å². The normalized spacial score (nSPS) is 25.6. The van der Waals surface area contributed by atoms with Crippen LogP contribution in [0.1, 0.15) is 13.3 Å². The van der Waals surface area contributed by atoms with Crippen molar-refractivity contribution in [1.82, 2.24) is 15.2 Å². The first kappa shape index (κ1) is 15.8. The SMILES string of the molecule is C[C@@]1(C(=O)N2CCN(c3ncc(Cl)cc3Cl)CC2)CCNC1. The van der Waals surface area contributed by atoms with Gasteiger partial charge in [-0.2, -0.15) is 0 Å². The van der Waals surface area contributed by atoms with Gasteiger partial charge in [-0.1, -0.05) is 23.2 Å². The second-order valence-electron chi connectivity index (χ2n) is 6.23. The summed E-state index contributed by atoms with van der Waals surface area (Å²) in [6.45, 7) is 6.64. The zero-order chi connectivity index (χ0) is 15.7. The van der Waals surface area contributed by atoms with Crippen LogP contribution in [0.3, 0.4) is 0 Å². The van der Waals surface area contributed by atoms with Crippen LogP contribution in [0.25, 0.3) is 0 Å². The van der Waals surface area contributed by atoms with Gasteiger partial charge in [0.2, 0.25) is 5.91 Å². The lowest BCUT2D eigenvalue weighted by Crippen LogP contribution is -2.53. The molecule has 3 rings (SSSR count). The molecule has 0 aliphatic carbocycles. The van der Waals surface area contributed by atoms with Crippen molar-refractivity contribution in [2.45, 2.75) is 13.3 Å². The van der Waals surface area contributed by atoms with E-state index in [4.69, 9.17) is 23.2 Å². The minimum absolute atomic E-state index is 0.252. The summed E-state index contributed by atoms with van der Waals surface area (Å²) in [4.78, 5) is 21.1. The molecule has 0 spiro atoms. The average Bonchev–Trinajstić information content (AvgIpc) is 2.95. The van der Waals surface area contributed by atoms with E-state index in [-0.39, 0.29) is 11.3 Å². The molecule has 120 valence electrons. The number of nitrogens with zero attached hydrogens (tertiary/aromatic N) is 3. The van der Waals surface area contributed by atoms with Crippen molar-refractivity contribution >= 4 is 34.9 Å². The highest BCUT2D eigenvalue weighted by molar-refractivity contribution is 6.36. The summed E-state index contributed by atoms with van der Waals surface area (Å²) in [5.74, 6) is 0.999. The number of anilines is 1. The van der Waals surface area contributed by atoms with E-state index in [1.54, 1.807) is 12.3 Å². The Morgan fingerprint density at radius 1 is 1.32 bits per heavy atom. The van der Waals surface area contributed by atoms with E-state index >= 15 is 0 Å². The van der Waals surface area contributed by atoms with Crippen molar-refractivity contribution in [2.75, 3.05) is 44.2 Å². The fourth-order valence-corrected chi connectivity index (χ4v) is 3.64. The molecule has 0 aromatic carbocycles. The molecular weight excluding hydrogens is 323 g/mol. The van der Waals surface area contributed by atoms with E-state index < -0.39 is 0 Å². The number of hydrogen-bond acceptors (Lipinski definition) is 4. The molecule has 3 heterocycles. The molecule has 1 aromatic heterocycles. The fraction of sp³-hybridized carbons (Fsp3) is 0.600. The molecule has 0 radical (unpaired) electrons. The number of hydrogen-bond donors (Lipinski definition) is 1. The molecule has 0 unspecified atom stereocenters. The Morgan fingerprint density at radius 3 is 2.64 bits per heavy atom. The van der Waals surface area contributed by atoms with E-state index in [1.807, 2.05) is 4.90 Å². The van der Waals surface area contributed by atoms with Crippen molar-refractivity contribution in [3.05, 3.63) is 22.3 Å². The quantitative estimate of drug-likeness (QED) is 0.893. The molecule has 2 saturated heterocycles. The first-order chi connectivity index (χ1) is 10.5. The number of aromatic nitrogens is 1. The topological polar surface area (TPSA) is 48.5 Å². The number of piperazine rings is 1. The molecule has 0 bridgehead atoms. The minimum Gasteiger partial charge on any atom is -0.352 e. The second kappa shape index (κ2) is 6.22. The van der Waals surface area contributed by atoms with Gasteiger partial charge in [-0.3, -0.25) is 4.79 Å². The molecule has 1 atom stereocenters. The maximum absolute atomic E-state index is 12.7. The van der Waals surface area contributed by atoms with Crippen molar-refractivity contribution in [1.29, 1.82) is 0 Å². The summed E-state index contributed by atoms with van der Waals surface area (Å²) in [6.07, 6.45) is 2.52. The van der Waals surface area contributed by atoms with Gasteiger partial charge in [0.15, 0.2) is 0 Å². The Labute approximate surface area is 140 Å². The van der Waals surface area contributed by atoms with Crippen LogP contribution < -0.4 is 10.2 Å². The molecule has 2 aliphatic rings. The monoisotopic (exact) mass is 342 g/mol. The standard InChI is InChI=1S/C15H20Cl2N4O/c1-15(2-3-18-10-15)14(22)21-6-4-20(5-7-21)13-12(17)8-11(16)9-19-13/h8-9,18H,2-7,10H2,1H3/t15-/m1/s1. The number of amides is 1. The lowest BCUT2D eigenvalue weighted by atomic mass is 9.88. The van der Waals surface area contributed by atoms with Gasteiger partial charge in [0, 0.05) is 38.9 Å². The summed E-state index contributed by atoms with van der Waals surface area (Å²) < 4.78 is 0. The summed E-state index contributed by atoms with van der Waals surface area (Å²) in [7, 11) is 0. The van der Waals surface area contributed by atoms with Gasteiger partial charge < -0.3 is 15.1 Å². The second-order valence-corrected chi connectivity index (χ2v) is 7.07. The molecule has 1 N–H and O–H groups in total. The van der Waals surface area contributed by atoms with E-state index in [0.29, 0.717) is 23.1 Å². The first-order valence-electron chi connectivity index (χ1n) is 7.56. The van der Waals surface area contributed by atoms with E-state index in [9.17, 15) is 4.79 Å². The predicted octanol–water partition coefficient (Wildman–Crippen LogP) is 2.04. The number of carbonyl (C=O) groups is 1. The van der Waals surface area contributed by atoms with Crippen LogP contribution in [0.2, 0.25) is 10.0 Å². The summed E-state index contributed by atoms with van der Waals surface area (Å²) in [5.41, 5.74) is -0.252. The number of pyridine rings is 1. The van der Waals surface area contributed by atoms with Gasteiger partial charge in [0.05, 0.1) is 15.5 Å². The van der Waals surface area contributed by atoms with E-state index in [2.05, 4.69) is 22.1 Å². The molecule has 5 nitrogen and oxygen atoms in total. The summed E-state index contributed by atoms with van der Waals surface area (Å²) in [5, 5.41) is 4.37. The molecule has 7 heteroatoms. The van der Waals surface area contributed by atoms with Gasteiger partial charge in [0.25, 0.3) is 0 Å². The average molecular weight is 343 g/mol. The summed E-state index contributed by atoms with van der Waals surface area (Å²) >= 11 is 12.1. The molecule has 2 fully saturated rings. The Kier molecular flexibility index (Phi) is 4.48. The van der Waals surface area contributed by atoms with Crippen LogP contribution in [-0.2, 0) is 4.79 Å². The van der Waals surface area contributed by atoms with Crippen molar-refractivity contribution < 1.29 is 4.79 Å². The van der Waals surface area contributed by atoms with Crippen LogP contribution in [0, 0.1) is 5.41 Å². The van der Waals surface area contributed by atoms with Crippen molar-refractivity contribution in [2.24, 2.45) is 5.41 Å². The molecule has 1 amide bonds. The van der Waals surface area contributed by atoms with Crippen LogP contribution in [-0.4, -0.2) is 55.1 Å². The Balaban J connectivity index is 1.64. The minimum atomic E-state index is -0.252. The molecular formula is C15H20Cl2N4O. The molecule has 1 aromatic rings. The number of rotatable bonds is 2. The lowest BCUT2D eigenvalue weighted by molar-refractivity contribution is -0.140. The Morgan fingerprint density at radius 2 is 2.05 bits per heavy atom. The molecule has 0 saturated carbocycles. The van der Waals surface area contributed by atoms with Crippen LogP contribution in [0.4, 0.5) is 5.82 Å². The highest BCUT2D eigenvalue weighted by Crippen LogP contribution is 2.30. The molecule has 2 aliphatic heterocycles.